The summed E-state index contributed by atoms with van der Waals surface area (Å²) in [5, 5.41) is 42.6. The van der Waals surface area contributed by atoms with Crippen molar-refractivity contribution in [1.82, 2.24) is 4.57 Å². The lowest BCUT2D eigenvalue weighted by atomic mass is 10.1. The molecular weight excluding hydrogens is 406 g/mol. The maximum atomic E-state index is 12.1. The summed E-state index contributed by atoms with van der Waals surface area (Å²) in [4.78, 5) is 10.3. The molecule has 0 spiro atoms. The van der Waals surface area contributed by atoms with Crippen LogP contribution in [0.1, 0.15) is 5.69 Å². The van der Waals surface area contributed by atoms with E-state index in [9.17, 15) is 25.5 Å². The Bertz CT molecular complexity index is 1050. The first kappa shape index (κ1) is 17.7. The molecule has 0 atom stereocenters. The molecule has 26 heavy (non-hydrogen) atoms. The van der Waals surface area contributed by atoms with Gasteiger partial charge in [-0.1, -0.05) is 0 Å². The second-order valence-corrected chi connectivity index (χ2v) is 6.51. The van der Waals surface area contributed by atoms with Crippen molar-refractivity contribution in [3.63, 3.8) is 0 Å². The van der Waals surface area contributed by atoms with Crippen LogP contribution in [0.25, 0.3) is 22.5 Å². The lowest BCUT2D eigenvalue weighted by molar-refractivity contribution is -0.623. The fourth-order valence-electron chi connectivity index (χ4n) is 2.76. The van der Waals surface area contributed by atoms with E-state index in [0.29, 0.717) is 32.8 Å². The van der Waals surface area contributed by atoms with E-state index in [2.05, 4.69) is 15.9 Å². The van der Waals surface area contributed by atoms with E-state index in [-0.39, 0.29) is 0 Å². The molecule has 1 aromatic carbocycles. The van der Waals surface area contributed by atoms with Gasteiger partial charge in [0.05, 0.1) is 16.2 Å². The van der Waals surface area contributed by atoms with Crippen LogP contribution in [0.2, 0.25) is 0 Å². The van der Waals surface area contributed by atoms with Crippen molar-refractivity contribution in [3.05, 3.63) is 62.0 Å². The van der Waals surface area contributed by atoms with Crippen LogP contribution in [0.15, 0.2) is 41.0 Å². The van der Waals surface area contributed by atoms with Crippen LogP contribution in [0.3, 0.4) is 0 Å². The quantitative estimate of drug-likeness (QED) is 0.168. The van der Waals surface area contributed by atoms with Crippen molar-refractivity contribution >= 4 is 21.6 Å². The predicted octanol–water partition coefficient (Wildman–Crippen LogP) is 3.38. The highest BCUT2D eigenvalue weighted by Crippen LogP contribution is 2.40. The van der Waals surface area contributed by atoms with Crippen LogP contribution < -0.4 is 4.73 Å². The molecule has 3 aromatic rings. The Morgan fingerprint density at radius 2 is 1.81 bits per heavy atom. The fraction of sp³-hybridized carbons (Fsp3) is 0.118. The van der Waals surface area contributed by atoms with E-state index < -0.39 is 22.1 Å². The number of aromatic hydroxyl groups is 2. The summed E-state index contributed by atoms with van der Waals surface area (Å²) in [5.41, 5.74) is 2.23. The maximum Gasteiger partial charge on any atom is 0.315 e. The lowest BCUT2D eigenvalue weighted by Crippen LogP contribution is -2.32. The van der Waals surface area contributed by atoms with Gasteiger partial charge in [0.15, 0.2) is 11.4 Å². The zero-order valence-corrected chi connectivity index (χ0v) is 15.4. The van der Waals surface area contributed by atoms with Gasteiger partial charge in [-0.25, -0.2) is 0 Å². The molecule has 0 fully saturated rings. The average Bonchev–Trinajstić information content (AvgIpc) is 2.96. The van der Waals surface area contributed by atoms with Crippen LogP contribution >= 0.6 is 15.9 Å². The number of hydrogen-bond acceptors (Lipinski definition) is 5. The van der Waals surface area contributed by atoms with Gasteiger partial charge in [0, 0.05) is 53.3 Å². The number of benzene rings is 1. The molecule has 0 unspecified atom stereocenters. The number of nitro groups is 1. The van der Waals surface area contributed by atoms with Crippen LogP contribution in [0, 0.1) is 22.2 Å². The molecule has 0 aliphatic heterocycles. The van der Waals surface area contributed by atoms with Gasteiger partial charge in [0.2, 0.25) is 5.75 Å². The zero-order chi connectivity index (χ0) is 19.2. The minimum Gasteiger partial charge on any atom is -0.618 e. The Morgan fingerprint density at radius 3 is 2.46 bits per heavy atom. The molecule has 3 rings (SSSR count). The van der Waals surface area contributed by atoms with Crippen LogP contribution in [0.5, 0.6) is 11.5 Å². The van der Waals surface area contributed by atoms with Crippen molar-refractivity contribution in [2.45, 2.75) is 6.92 Å². The van der Waals surface area contributed by atoms with Crippen molar-refractivity contribution in [3.8, 4) is 34.0 Å². The fourth-order valence-corrected chi connectivity index (χ4v) is 3.37. The molecule has 0 radical (unpaired) electrons. The van der Waals surface area contributed by atoms with Gasteiger partial charge in [0.25, 0.3) is 4.60 Å². The summed E-state index contributed by atoms with van der Waals surface area (Å²) in [6, 6.07) is 9.40. The van der Waals surface area contributed by atoms with E-state index in [4.69, 9.17) is 0 Å². The van der Waals surface area contributed by atoms with Gasteiger partial charge in [-0.2, -0.15) is 4.73 Å². The molecule has 2 heterocycles. The Balaban J connectivity index is 2.17. The number of hydrogen-bond donors (Lipinski definition) is 2. The number of phenols is 2. The number of pyridine rings is 1. The molecule has 2 aromatic heterocycles. The molecule has 0 bridgehead atoms. The molecule has 0 saturated heterocycles. The van der Waals surface area contributed by atoms with Crippen molar-refractivity contribution in [2.24, 2.45) is 7.05 Å². The average molecular weight is 420 g/mol. The number of rotatable bonds is 3. The summed E-state index contributed by atoms with van der Waals surface area (Å²) in [6.45, 7) is 1.69. The normalized spacial score (nSPS) is 10.9. The van der Waals surface area contributed by atoms with E-state index >= 15 is 0 Å². The minimum atomic E-state index is -0.776. The van der Waals surface area contributed by atoms with Gasteiger partial charge in [-0.15, -0.1) is 0 Å². The number of aromatic nitrogens is 2. The molecule has 0 aliphatic carbocycles. The van der Waals surface area contributed by atoms with Crippen LogP contribution in [0.4, 0.5) is 5.69 Å². The molecule has 8 nitrogen and oxygen atoms in total. The molecule has 0 aliphatic rings. The molecule has 134 valence electrons. The minimum absolute atomic E-state index is 0.352. The SMILES string of the molecule is Cc1ccc(-c2ccc(-c3cc(O)c(O)c([N+](=O)[O-])c3)n2C)c(Br)[n+]1[O-]. The van der Waals surface area contributed by atoms with Gasteiger partial charge in [-0.3, -0.25) is 10.1 Å². The third kappa shape index (κ3) is 2.76. The summed E-state index contributed by atoms with van der Waals surface area (Å²) < 4.78 is 2.86. The van der Waals surface area contributed by atoms with Crippen molar-refractivity contribution < 1.29 is 19.9 Å². The molecule has 9 heteroatoms. The predicted molar refractivity (Wildman–Crippen MR) is 97.7 cm³/mol. The number of phenolic OH excluding ortho intramolecular Hbond substituents is 2. The molecular formula is C17H14BrN3O5. The first-order chi connectivity index (χ1) is 12.2. The number of halogens is 1. The Hall–Kier alpha value is -3.07. The van der Waals surface area contributed by atoms with Gasteiger partial charge < -0.3 is 20.0 Å². The third-order valence-corrected chi connectivity index (χ3v) is 4.92. The zero-order valence-electron chi connectivity index (χ0n) is 13.8. The summed E-state index contributed by atoms with van der Waals surface area (Å²) in [5.74, 6) is -1.35. The summed E-state index contributed by atoms with van der Waals surface area (Å²) in [6.07, 6.45) is 0. The van der Waals surface area contributed by atoms with E-state index in [1.807, 2.05) is 0 Å². The smallest absolute Gasteiger partial charge is 0.315 e. The second-order valence-electron chi connectivity index (χ2n) is 5.76. The first-order valence-electron chi connectivity index (χ1n) is 7.48. The van der Waals surface area contributed by atoms with E-state index in [0.717, 1.165) is 4.73 Å². The molecule has 2 N–H and O–H groups in total. The Morgan fingerprint density at radius 1 is 1.15 bits per heavy atom. The third-order valence-electron chi connectivity index (χ3n) is 4.17. The van der Waals surface area contributed by atoms with E-state index in [1.165, 1.54) is 12.1 Å². The van der Waals surface area contributed by atoms with Crippen molar-refractivity contribution in [1.29, 1.82) is 0 Å². The second kappa shape index (κ2) is 6.34. The Kier molecular flexibility index (Phi) is 4.33. The van der Waals surface area contributed by atoms with Gasteiger partial charge >= 0.3 is 5.69 Å². The van der Waals surface area contributed by atoms with Crippen LogP contribution in [-0.2, 0) is 7.05 Å². The van der Waals surface area contributed by atoms with Crippen LogP contribution in [-0.4, -0.2) is 19.7 Å². The number of nitrogens with zero attached hydrogens (tertiary/aromatic N) is 3. The number of aryl methyl sites for hydroxylation is 1. The highest BCUT2D eigenvalue weighted by Gasteiger charge is 2.22. The summed E-state index contributed by atoms with van der Waals surface area (Å²) in [7, 11) is 1.74. The monoisotopic (exact) mass is 419 g/mol. The van der Waals surface area contributed by atoms with Gasteiger partial charge in [0.1, 0.15) is 0 Å². The largest absolute Gasteiger partial charge is 0.618 e. The van der Waals surface area contributed by atoms with Crippen molar-refractivity contribution in [2.75, 3.05) is 0 Å². The van der Waals surface area contributed by atoms with E-state index in [1.54, 1.807) is 42.8 Å². The van der Waals surface area contributed by atoms with Gasteiger partial charge in [-0.05, 0) is 24.3 Å². The summed E-state index contributed by atoms with van der Waals surface area (Å²) >= 11 is 3.29. The standard InChI is InChI=1S/C17H14BrN3O5/c1-9-3-4-11(17(18)20(9)24)13-6-5-12(19(13)2)10-7-14(21(25)26)16(23)15(22)8-10/h3-8,22-23H,1-2H3. The Labute approximate surface area is 156 Å². The molecule has 0 amide bonds. The number of nitro benzene ring substituents is 1. The lowest BCUT2D eigenvalue weighted by Gasteiger charge is -2.11. The molecule has 0 saturated carbocycles. The maximum absolute atomic E-state index is 12.1. The first-order valence-corrected chi connectivity index (χ1v) is 8.27. The topological polar surface area (TPSA) is 115 Å². The highest BCUT2D eigenvalue weighted by molar-refractivity contribution is 9.10. The highest BCUT2D eigenvalue weighted by atomic mass is 79.9.